The average Bonchev–Trinajstić information content (AvgIpc) is 2.71. The Kier molecular flexibility index (Phi) is 8.54. The Balaban J connectivity index is 2.39. The van der Waals surface area contributed by atoms with Crippen molar-refractivity contribution in [3.8, 4) is 11.5 Å². The Bertz CT molecular complexity index is 899. The molecule has 32 heavy (non-hydrogen) atoms. The second-order valence-corrected chi connectivity index (χ2v) is 11.4. The summed E-state index contributed by atoms with van der Waals surface area (Å²) in [5, 5.41) is 6.01. The molecule has 0 aromatic heterocycles. The third-order valence-corrected chi connectivity index (χ3v) is 6.97. The summed E-state index contributed by atoms with van der Waals surface area (Å²) in [6, 6.07) is 11.1. The van der Waals surface area contributed by atoms with Gasteiger partial charge in [-0.05, 0) is 45.9 Å². The van der Waals surface area contributed by atoms with Gasteiger partial charge in [0.05, 0.1) is 35.4 Å². The first kappa shape index (κ1) is 25.9. The zero-order valence-electron chi connectivity index (χ0n) is 19.9. The maximum absolute atomic E-state index is 12.6. The van der Waals surface area contributed by atoms with Crippen molar-refractivity contribution in [3.63, 3.8) is 0 Å². The number of hydrogen-bond acceptors (Lipinski definition) is 6. The fourth-order valence-electron chi connectivity index (χ4n) is 2.42. The molecule has 0 aliphatic rings. The normalized spacial score (nSPS) is 11.6. The van der Waals surface area contributed by atoms with E-state index in [2.05, 4.69) is 10.6 Å². The van der Waals surface area contributed by atoms with Gasteiger partial charge in [-0.25, -0.2) is 0 Å². The summed E-state index contributed by atoms with van der Waals surface area (Å²) in [6.45, 7) is 11.2. The van der Waals surface area contributed by atoms with Gasteiger partial charge in [-0.2, -0.15) is 0 Å². The van der Waals surface area contributed by atoms with Gasteiger partial charge in [-0.3, -0.25) is 9.59 Å². The Morgan fingerprint density at radius 2 is 1.03 bits per heavy atom. The second-order valence-electron chi connectivity index (χ2n) is 9.25. The lowest BCUT2D eigenvalue weighted by Gasteiger charge is -2.21. The van der Waals surface area contributed by atoms with E-state index in [9.17, 15) is 9.59 Å². The lowest BCUT2D eigenvalue weighted by Crippen LogP contribution is -2.28. The van der Waals surface area contributed by atoms with Crippen LogP contribution in [0.4, 0.5) is 11.4 Å². The number of ether oxygens (including phenoxy) is 2. The summed E-state index contributed by atoms with van der Waals surface area (Å²) < 4.78 is 11.1. The molecule has 0 spiro atoms. The molecule has 2 aromatic rings. The van der Waals surface area contributed by atoms with Crippen LogP contribution in [0, 0.1) is 10.8 Å². The third-order valence-electron chi connectivity index (χ3n) is 4.46. The van der Waals surface area contributed by atoms with Gasteiger partial charge in [0.1, 0.15) is 11.5 Å². The van der Waals surface area contributed by atoms with Crippen LogP contribution in [0.15, 0.2) is 46.2 Å². The van der Waals surface area contributed by atoms with Gasteiger partial charge in [-0.15, -0.1) is 0 Å². The Morgan fingerprint density at radius 3 is 1.31 bits per heavy atom. The molecule has 6 nitrogen and oxygen atoms in total. The number of nitrogens with one attached hydrogen (secondary N) is 2. The average molecular weight is 477 g/mol. The monoisotopic (exact) mass is 476 g/mol. The highest BCUT2D eigenvalue weighted by molar-refractivity contribution is 8.76. The van der Waals surface area contributed by atoms with Gasteiger partial charge < -0.3 is 20.1 Å². The van der Waals surface area contributed by atoms with Crippen molar-refractivity contribution in [1.29, 1.82) is 0 Å². The molecule has 0 aliphatic carbocycles. The Hall–Kier alpha value is -2.32. The molecule has 174 valence electrons. The number of rotatable bonds is 7. The van der Waals surface area contributed by atoms with E-state index in [0.29, 0.717) is 22.9 Å². The SMILES string of the molecule is COc1cccc(NC(=O)C(C)(C)C)c1SSc1c(NC(=O)C(C)(C)C)cccc1OC. The van der Waals surface area contributed by atoms with E-state index in [0.717, 1.165) is 9.79 Å². The molecule has 0 radical (unpaired) electrons. The number of amides is 2. The highest BCUT2D eigenvalue weighted by atomic mass is 33.1. The highest BCUT2D eigenvalue weighted by Gasteiger charge is 2.25. The number of benzene rings is 2. The van der Waals surface area contributed by atoms with E-state index in [-0.39, 0.29) is 11.8 Å². The van der Waals surface area contributed by atoms with E-state index in [1.165, 1.54) is 21.6 Å². The van der Waals surface area contributed by atoms with Crippen molar-refractivity contribution in [1.82, 2.24) is 0 Å². The minimum atomic E-state index is -0.536. The minimum Gasteiger partial charge on any atom is -0.495 e. The minimum absolute atomic E-state index is 0.0898. The Morgan fingerprint density at radius 1 is 0.688 bits per heavy atom. The first-order chi connectivity index (χ1) is 14.9. The molecule has 8 heteroatoms. The number of anilines is 2. The maximum atomic E-state index is 12.6. The van der Waals surface area contributed by atoms with Gasteiger partial charge in [0.15, 0.2) is 0 Å². The second kappa shape index (κ2) is 10.5. The quantitative estimate of drug-likeness (QED) is 0.446. The van der Waals surface area contributed by atoms with Crippen molar-refractivity contribution in [2.45, 2.75) is 51.3 Å². The molecule has 2 rings (SSSR count). The van der Waals surface area contributed by atoms with Crippen LogP contribution >= 0.6 is 21.6 Å². The van der Waals surface area contributed by atoms with E-state index in [1.807, 2.05) is 77.9 Å². The predicted octanol–water partition coefficient (Wildman–Crippen LogP) is 6.47. The lowest BCUT2D eigenvalue weighted by atomic mass is 9.95. The van der Waals surface area contributed by atoms with Gasteiger partial charge in [0.25, 0.3) is 0 Å². The Labute approximate surface area is 198 Å². The highest BCUT2D eigenvalue weighted by Crippen LogP contribution is 2.50. The van der Waals surface area contributed by atoms with Crippen molar-refractivity contribution in [2.75, 3.05) is 24.9 Å². The standard InChI is InChI=1S/C24H32N2O4S2/c1-23(2,3)21(27)25-15-11-9-13-17(29-7)19(15)31-32-20-16(12-10-14-18(20)30-8)26-22(28)24(4,5)6/h9-14H,1-8H3,(H,25,27)(H,26,28). The lowest BCUT2D eigenvalue weighted by molar-refractivity contribution is -0.123. The fourth-order valence-corrected chi connectivity index (χ4v) is 5.01. The van der Waals surface area contributed by atoms with Crippen molar-refractivity contribution >= 4 is 44.8 Å². The molecule has 0 atom stereocenters. The first-order valence-corrected chi connectivity index (χ1v) is 12.3. The van der Waals surface area contributed by atoms with Crippen LogP contribution in [0.3, 0.4) is 0 Å². The summed E-state index contributed by atoms with van der Waals surface area (Å²) in [5.74, 6) is 1.11. The largest absolute Gasteiger partial charge is 0.495 e. The number of carbonyl (C=O) groups excluding carboxylic acids is 2. The molecule has 0 saturated heterocycles. The molecule has 0 heterocycles. The van der Waals surface area contributed by atoms with Crippen LogP contribution < -0.4 is 20.1 Å². The maximum Gasteiger partial charge on any atom is 0.229 e. The molecule has 0 unspecified atom stereocenters. The van der Waals surface area contributed by atoms with E-state index >= 15 is 0 Å². The van der Waals surface area contributed by atoms with E-state index < -0.39 is 10.8 Å². The van der Waals surface area contributed by atoms with Crippen molar-refractivity contribution in [2.24, 2.45) is 10.8 Å². The van der Waals surface area contributed by atoms with Crippen LogP contribution in [-0.4, -0.2) is 26.0 Å². The third kappa shape index (κ3) is 6.59. The van der Waals surface area contributed by atoms with Gasteiger partial charge in [-0.1, -0.05) is 53.7 Å². The predicted molar refractivity (Wildman–Crippen MR) is 134 cm³/mol. The van der Waals surface area contributed by atoms with Gasteiger partial charge in [0, 0.05) is 10.8 Å². The zero-order chi connectivity index (χ0) is 24.1. The zero-order valence-corrected chi connectivity index (χ0v) is 21.5. The molecule has 2 aromatic carbocycles. The topological polar surface area (TPSA) is 76.7 Å². The van der Waals surface area contributed by atoms with E-state index in [4.69, 9.17) is 9.47 Å². The van der Waals surface area contributed by atoms with Gasteiger partial charge >= 0.3 is 0 Å². The van der Waals surface area contributed by atoms with Gasteiger partial charge in [0.2, 0.25) is 11.8 Å². The molecule has 0 fully saturated rings. The molecule has 0 bridgehead atoms. The van der Waals surface area contributed by atoms with Crippen LogP contribution in [-0.2, 0) is 9.59 Å². The first-order valence-electron chi connectivity index (χ1n) is 10.2. The van der Waals surface area contributed by atoms with E-state index in [1.54, 1.807) is 14.2 Å². The summed E-state index contributed by atoms with van der Waals surface area (Å²) in [4.78, 5) is 26.7. The van der Waals surface area contributed by atoms with Crippen LogP contribution in [0.25, 0.3) is 0 Å². The number of hydrogen-bond donors (Lipinski definition) is 2. The van der Waals surface area contributed by atoms with Crippen molar-refractivity contribution in [3.05, 3.63) is 36.4 Å². The number of methoxy groups -OCH3 is 2. The molecule has 0 saturated carbocycles. The molecular weight excluding hydrogens is 444 g/mol. The molecule has 2 amide bonds. The van der Waals surface area contributed by atoms with Crippen LogP contribution in [0.2, 0.25) is 0 Å². The van der Waals surface area contributed by atoms with Crippen LogP contribution in [0.5, 0.6) is 11.5 Å². The summed E-state index contributed by atoms with van der Waals surface area (Å²) >= 11 is 0. The number of carbonyl (C=O) groups is 2. The fraction of sp³-hybridized carbons (Fsp3) is 0.417. The molecule has 2 N–H and O–H groups in total. The summed E-state index contributed by atoms with van der Waals surface area (Å²) in [7, 11) is 6.05. The molecular formula is C24H32N2O4S2. The smallest absolute Gasteiger partial charge is 0.229 e. The van der Waals surface area contributed by atoms with Crippen LogP contribution in [0.1, 0.15) is 41.5 Å². The molecule has 0 aliphatic heterocycles. The van der Waals surface area contributed by atoms with Crippen molar-refractivity contribution < 1.29 is 19.1 Å². The summed E-state index contributed by atoms with van der Waals surface area (Å²) in [5.41, 5.74) is 0.255. The summed E-state index contributed by atoms with van der Waals surface area (Å²) in [6.07, 6.45) is 0.